The minimum Gasteiger partial charge on any atom is -0.433 e. The summed E-state index contributed by atoms with van der Waals surface area (Å²) in [5.41, 5.74) is 8.95. The number of nitrogen functional groups attached to an aromatic ring is 1. The molecule has 0 aromatic heterocycles. The van der Waals surface area contributed by atoms with Gasteiger partial charge in [-0.25, -0.2) is 4.79 Å². The molecule has 1 amide bonds. The minimum absolute atomic E-state index is 0.00416. The first-order valence-electron chi connectivity index (χ1n) is 12.8. The number of nitrogens with one attached hydrogen (secondary N) is 1. The maximum absolute atomic E-state index is 12.6. The van der Waals surface area contributed by atoms with Gasteiger partial charge in [-0.3, -0.25) is 0 Å². The van der Waals surface area contributed by atoms with Crippen molar-refractivity contribution in [1.29, 1.82) is 0 Å². The van der Waals surface area contributed by atoms with Crippen LogP contribution >= 0.6 is 22.6 Å². The van der Waals surface area contributed by atoms with Crippen molar-refractivity contribution in [3.05, 3.63) is 65.7 Å². The number of carbonyl (C=O) groups excluding carboxylic acids is 1. The van der Waals surface area contributed by atoms with E-state index < -0.39 is 11.9 Å². The first-order chi connectivity index (χ1) is 16.6. The van der Waals surface area contributed by atoms with Gasteiger partial charge in [-0.1, -0.05) is 70.2 Å². The standard InChI is InChI=1S/C29H45IN2O3Si/c1-21(26(23-12-10-9-11-13-23)35-36(7,8)28(2,3)4)14-19-25(32-27(33)34-29(5,6)30)20-22-15-17-24(31)18-16-22/h9-13,15-18,21,25-26H,14,19-20,31H2,1-8H3,(H,32,33)/t21-,25-,26+/m1/s1. The van der Waals surface area contributed by atoms with Gasteiger partial charge in [0.2, 0.25) is 0 Å². The second-order valence-electron chi connectivity index (χ2n) is 11.8. The van der Waals surface area contributed by atoms with Crippen LogP contribution in [-0.4, -0.2) is 24.1 Å². The SMILES string of the molecule is C[C@H](CC[C@H](Cc1ccc(N)cc1)NC(=O)OC(C)(C)I)[C@H](O[Si](C)(C)C(C)(C)C)c1ccccc1. The maximum atomic E-state index is 12.6. The van der Waals surface area contributed by atoms with E-state index >= 15 is 0 Å². The number of nitrogens with two attached hydrogens (primary N) is 1. The van der Waals surface area contributed by atoms with E-state index in [9.17, 15) is 4.79 Å². The molecular weight excluding hydrogens is 579 g/mol. The Kier molecular flexibility index (Phi) is 10.9. The Hall–Kier alpha value is -1.58. The van der Waals surface area contributed by atoms with Gasteiger partial charge in [-0.15, -0.1) is 0 Å². The lowest BCUT2D eigenvalue weighted by Crippen LogP contribution is -2.43. The number of amides is 1. The number of hydrogen-bond acceptors (Lipinski definition) is 4. The van der Waals surface area contributed by atoms with E-state index in [0.29, 0.717) is 6.42 Å². The molecule has 0 aliphatic carbocycles. The van der Waals surface area contributed by atoms with E-state index in [4.69, 9.17) is 14.9 Å². The number of halogens is 1. The van der Waals surface area contributed by atoms with Crippen LogP contribution in [0.3, 0.4) is 0 Å². The predicted octanol–water partition coefficient (Wildman–Crippen LogP) is 8.26. The van der Waals surface area contributed by atoms with Crippen LogP contribution in [0.5, 0.6) is 0 Å². The van der Waals surface area contributed by atoms with Crippen LogP contribution in [0.1, 0.15) is 71.6 Å². The third kappa shape index (κ3) is 10.1. The lowest BCUT2D eigenvalue weighted by Gasteiger charge is -2.41. The van der Waals surface area contributed by atoms with Crippen LogP contribution < -0.4 is 11.1 Å². The first kappa shape index (κ1) is 30.6. The van der Waals surface area contributed by atoms with Crippen LogP contribution in [0.2, 0.25) is 18.1 Å². The fourth-order valence-electron chi connectivity index (χ4n) is 3.85. The summed E-state index contributed by atoms with van der Waals surface area (Å²) >= 11 is 2.12. The van der Waals surface area contributed by atoms with Gasteiger partial charge < -0.3 is 20.2 Å². The number of ether oxygens (including phenoxy) is 1. The van der Waals surface area contributed by atoms with Crippen LogP contribution in [0.4, 0.5) is 10.5 Å². The Bertz CT molecular complexity index is 953. The summed E-state index contributed by atoms with van der Waals surface area (Å²) in [6.07, 6.45) is 2.04. The van der Waals surface area contributed by atoms with Crippen molar-refractivity contribution in [1.82, 2.24) is 5.32 Å². The van der Waals surface area contributed by atoms with Crippen molar-refractivity contribution < 1.29 is 14.0 Å². The first-order valence-corrected chi connectivity index (χ1v) is 16.8. The van der Waals surface area contributed by atoms with E-state index in [1.165, 1.54) is 5.56 Å². The lowest BCUT2D eigenvalue weighted by atomic mass is 9.90. The molecule has 0 heterocycles. The molecule has 0 saturated carbocycles. The zero-order valence-electron chi connectivity index (χ0n) is 23.2. The highest BCUT2D eigenvalue weighted by molar-refractivity contribution is 14.1. The maximum Gasteiger partial charge on any atom is 0.408 e. The van der Waals surface area contributed by atoms with Crippen LogP contribution in [0, 0.1) is 5.92 Å². The molecule has 0 aliphatic heterocycles. The molecule has 0 aliphatic rings. The van der Waals surface area contributed by atoms with E-state index in [-0.39, 0.29) is 29.2 Å². The number of benzene rings is 2. The fraction of sp³-hybridized carbons (Fsp3) is 0.552. The Morgan fingerprint density at radius 2 is 1.58 bits per heavy atom. The number of hydrogen-bond donors (Lipinski definition) is 2. The molecule has 5 nitrogen and oxygen atoms in total. The molecule has 0 radical (unpaired) electrons. The quantitative estimate of drug-likeness (QED) is 0.114. The second-order valence-corrected chi connectivity index (χ2v) is 19.2. The summed E-state index contributed by atoms with van der Waals surface area (Å²) in [6, 6.07) is 18.3. The number of alkyl carbamates (subject to hydrolysis) is 1. The van der Waals surface area contributed by atoms with Crippen molar-refractivity contribution in [2.75, 3.05) is 5.73 Å². The molecule has 2 aromatic carbocycles. The zero-order chi connectivity index (χ0) is 27.1. The van der Waals surface area contributed by atoms with Gasteiger partial charge >= 0.3 is 6.09 Å². The molecule has 7 heteroatoms. The molecule has 0 bridgehead atoms. The highest BCUT2D eigenvalue weighted by atomic mass is 127. The molecule has 0 fully saturated rings. The molecule has 2 aromatic rings. The molecule has 2 rings (SSSR count). The molecule has 0 saturated heterocycles. The van der Waals surface area contributed by atoms with Gasteiger partial charge in [0.25, 0.3) is 0 Å². The van der Waals surface area contributed by atoms with Gasteiger partial charge in [0, 0.05) is 11.7 Å². The van der Waals surface area contributed by atoms with Gasteiger partial charge in [-0.2, -0.15) is 0 Å². The highest BCUT2D eigenvalue weighted by Crippen LogP contribution is 2.42. The number of carbonyl (C=O) groups is 1. The summed E-state index contributed by atoms with van der Waals surface area (Å²) in [4.78, 5) is 12.6. The summed E-state index contributed by atoms with van der Waals surface area (Å²) in [5, 5.41) is 3.23. The molecule has 0 unspecified atom stereocenters. The van der Waals surface area contributed by atoms with E-state index in [0.717, 1.165) is 24.1 Å². The van der Waals surface area contributed by atoms with E-state index in [2.05, 4.69) is 93.0 Å². The Labute approximate surface area is 233 Å². The van der Waals surface area contributed by atoms with Crippen LogP contribution in [-0.2, 0) is 15.6 Å². The summed E-state index contributed by atoms with van der Waals surface area (Å²) in [5.74, 6) is 0.272. The monoisotopic (exact) mass is 624 g/mol. The van der Waals surface area contributed by atoms with Crippen molar-refractivity contribution in [2.24, 2.45) is 5.92 Å². The Morgan fingerprint density at radius 1 is 1.00 bits per heavy atom. The second kappa shape index (κ2) is 12.8. The molecular formula is C29H45IN2O3Si. The molecule has 0 spiro atoms. The predicted molar refractivity (Wildman–Crippen MR) is 162 cm³/mol. The molecule has 3 N–H and O–H groups in total. The van der Waals surface area contributed by atoms with E-state index in [1.807, 2.05) is 44.2 Å². The highest BCUT2D eigenvalue weighted by Gasteiger charge is 2.40. The zero-order valence-corrected chi connectivity index (χ0v) is 26.4. The smallest absolute Gasteiger partial charge is 0.408 e. The largest absolute Gasteiger partial charge is 0.433 e. The van der Waals surface area contributed by atoms with E-state index in [1.54, 1.807) is 0 Å². The number of alkyl halides is 1. The third-order valence-electron chi connectivity index (χ3n) is 6.96. The topological polar surface area (TPSA) is 73.6 Å². The number of anilines is 1. The molecule has 36 heavy (non-hydrogen) atoms. The van der Waals surface area contributed by atoms with Gasteiger partial charge in [-0.05, 0) is 103 Å². The van der Waals surface area contributed by atoms with Gasteiger partial charge in [0.15, 0.2) is 11.9 Å². The Morgan fingerprint density at radius 3 is 2.11 bits per heavy atom. The summed E-state index contributed by atoms with van der Waals surface area (Å²) < 4.78 is 11.9. The normalized spacial score (nSPS) is 15.1. The average Bonchev–Trinajstić information content (AvgIpc) is 2.75. The summed E-state index contributed by atoms with van der Waals surface area (Å²) in [6.45, 7) is 17.4. The Balaban J connectivity index is 2.21. The van der Waals surface area contributed by atoms with Gasteiger partial charge in [0.1, 0.15) is 0 Å². The fourth-order valence-corrected chi connectivity index (χ4v) is 5.40. The van der Waals surface area contributed by atoms with Crippen molar-refractivity contribution in [2.45, 2.75) is 94.7 Å². The van der Waals surface area contributed by atoms with Crippen molar-refractivity contribution in [3.8, 4) is 0 Å². The number of rotatable bonds is 11. The van der Waals surface area contributed by atoms with Gasteiger partial charge in [0.05, 0.1) is 6.10 Å². The minimum atomic E-state index is -1.99. The summed E-state index contributed by atoms with van der Waals surface area (Å²) in [7, 11) is -1.99. The molecule has 200 valence electrons. The van der Waals surface area contributed by atoms with Crippen molar-refractivity contribution >= 4 is 42.7 Å². The lowest BCUT2D eigenvalue weighted by molar-refractivity contribution is 0.100. The molecule has 3 atom stereocenters. The third-order valence-corrected chi connectivity index (χ3v) is 11.6. The average molecular weight is 625 g/mol. The van der Waals surface area contributed by atoms with Crippen LogP contribution in [0.15, 0.2) is 54.6 Å². The van der Waals surface area contributed by atoms with Crippen LogP contribution in [0.25, 0.3) is 0 Å². The van der Waals surface area contributed by atoms with Crippen molar-refractivity contribution in [3.63, 3.8) is 0 Å².